The molecule has 0 spiro atoms. The molecule has 0 radical (unpaired) electrons. The molecule has 3 atom stereocenters. The van der Waals surface area contributed by atoms with Gasteiger partial charge in [-0.25, -0.2) is 0 Å². The van der Waals surface area contributed by atoms with Gasteiger partial charge in [0.1, 0.15) is 17.3 Å². The molecule has 53 heavy (non-hydrogen) atoms. The zero-order valence-electron chi connectivity index (χ0n) is 29.2. The molecule has 278 valence electrons. The van der Waals surface area contributed by atoms with E-state index in [4.69, 9.17) is 32.4 Å². The Kier molecular flexibility index (Phi) is 13.2. The third kappa shape index (κ3) is 10.7. The van der Waals surface area contributed by atoms with Gasteiger partial charge < -0.3 is 24.5 Å². The van der Waals surface area contributed by atoms with Crippen LogP contribution in [0.2, 0.25) is 10.0 Å². The van der Waals surface area contributed by atoms with Gasteiger partial charge in [0, 0.05) is 42.7 Å². The maximum atomic E-state index is 14.3. The molecule has 0 saturated carbocycles. The van der Waals surface area contributed by atoms with Crippen LogP contribution < -0.4 is 5.32 Å². The number of benzene rings is 3. The molecule has 3 unspecified atom stereocenters. The van der Waals surface area contributed by atoms with Crippen molar-refractivity contribution in [3.63, 3.8) is 0 Å². The van der Waals surface area contributed by atoms with Gasteiger partial charge in [-0.3, -0.25) is 34.1 Å². The fourth-order valence-corrected chi connectivity index (χ4v) is 5.92. The van der Waals surface area contributed by atoms with Gasteiger partial charge in [-0.05, 0) is 69.2 Å². The summed E-state index contributed by atoms with van der Waals surface area (Å²) < 4.78 is 11.2. The number of anilines is 1. The van der Waals surface area contributed by atoms with Gasteiger partial charge in [-0.2, -0.15) is 0 Å². The molecular weight excluding hydrogens is 729 g/mol. The summed E-state index contributed by atoms with van der Waals surface area (Å²) in [5.41, 5.74) is 0.0740. The molecule has 3 aromatic carbocycles. The highest BCUT2D eigenvalue weighted by Crippen LogP contribution is 2.34. The fraction of sp³-hybridized carbons (Fsp3) is 0.289. The Labute approximate surface area is 315 Å². The number of carboxylic acid groups (broad SMARTS) is 1. The third-order valence-corrected chi connectivity index (χ3v) is 9.03. The first kappa shape index (κ1) is 40.2. The smallest absolute Gasteiger partial charge is 0.318 e. The minimum Gasteiger partial charge on any atom is -0.481 e. The number of para-hydroxylation sites is 1. The van der Waals surface area contributed by atoms with Crippen molar-refractivity contribution in [1.29, 1.82) is 0 Å². The number of furan rings is 1. The van der Waals surface area contributed by atoms with E-state index in [2.05, 4.69) is 5.32 Å². The van der Waals surface area contributed by atoms with Gasteiger partial charge in [0.05, 0.1) is 21.4 Å². The van der Waals surface area contributed by atoms with Gasteiger partial charge in [-0.1, -0.05) is 65.7 Å². The fourth-order valence-electron chi connectivity index (χ4n) is 5.54. The van der Waals surface area contributed by atoms with Crippen LogP contribution in [0.15, 0.2) is 89.3 Å². The average molecular weight is 767 g/mol. The molecule has 13 nitrogen and oxygen atoms in total. The molecule has 0 aliphatic heterocycles. The number of esters is 1. The quantitative estimate of drug-likeness (QED) is 0.0404. The highest BCUT2D eigenvalue weighted by atomic mass is 35.5. The van der Waals surface area contributed by atoms with E-state index < -0.39 is 64.4 Å². The summed E-state index contributed by atoms with van der Waals surface area (Å²) in [7, 11) is 0. The minimum atomic E-state index is -1.97. The van der Waals surface area contributed by atoms with E-state index in [0.717, 1.165) is 4.90 Å². The number of ketones is 1. The van der Waals surface area contributed by atoms with Crippen molar-refractivity contribution >= 4 is 64.1 Å². The predicted molar refractivity (Wildman–Crippen MR) is 196 cm³/mol. The number of Topliss-reactive ketones (excluding diaryl/α,β-unsaturated/α-hetero) is 1. The molecule has 0 saturated heterocycles. The lowest BCUT2D eigenvalue weighted by atomic mass is 9.86. The largest absolute Gasteiger partial charge is 0.481 e. The van der Waals surface area contributed by atoms with E-state index in [0.29, 0.717) is 22.6 Å². The Balaban J connectivity index is 1.78. The van der Waals surface area contributed by atoms with Crippen molar-refractivity contribution in [2.45, 2.75) is 64.6 Å². The summed E-state index contributed by atoms with van der Waals surface area (Å²) in [6.07, 6.45) is -0.991. The number of carbonyl (C=O) groups is 5. The number of hydrogen-bond acceptors (Lipinski definition) is 9. The molecule has 4 rings (SSSR count). The number of nitrogens with zero attached hydrogens (tertiary/aromatic N) is 2. The first-order valence-corrected chi connectivity index (χ1v) is 17.1. The monoisotopic (exact) mass is 765 g/mol. The van der Waals surface area contributed by atoms with Crippen LogP contribution in [0.4, 0.5) is 11.4 Å². The average Bonchev–Trinajstić information content (AvgIpc) is 3.58. The number of hydrogen-bond donors (Lipinski definition) is 2. The Morgan fingerprint density at radius 2 is 1.60 bits per heavy atom. The summed E-state index contributed by atoms with van der Waals surface area (Å²) >= 11 is 12.8. The lowest BCUT2D eigenvalue weighted by Crippen LogP contribution is -2.48. The molecule has 0 aliphatic carbocycles. The number of carboxylic acids is 1. The van der Waals surface area contributed by atoms with Crippen LogP contribution in [0, 0.1) is 16.0 Å². The third-order valence-electron chi connectivity index (χ3n) is 8.17. The summed E-state index contributed by atoms with van der Waals surface area (Å²) in [5, 5.41) is 24.1. The second-order valence-corrected chi connectivity index (χ2v) is 14.0. The van der Waals surface area contributed by atoms with Crippen molar-refractivity contribution in [2.24, 2.45) is 5.92 Å². The number of aliphatic carboxylic acids is 1. The number of nitrogens with one attached hydrogen (secondary N) is 1. The lowest BCUT2D eigenvalue weighted by molar-refractivity contribution is -0.384. The van der Waals surface area contributed by atoms with E-state index in [1.807, 2.05) is 0 Å². The highest BCUT2D eigenvalue weighted by molar-refractivity contribution is 6.42. The van der Waals surface area contributed by atoms with Crippen molar-refractivity contribution in [3.05, 3.63) is 128 Å². The molecule has 0 bridgehead atoms. The van der Waals surface area contributed by atoms with Crippen LogP contribution in [0.1, 0.15) is 67.5 Å². The minimum absolute atomic E-state index is 0.0124. The van der Waals surface area contributed by atoms with Gasteiger partial charge in [0.2, 0.25) is 5.78 Å². The van der Waals surface area contributed by atoms with Crippen molar-refractivity contribution in [2.75, 3.05) is 5.32 Å². The standard InChI is InChI=1S/C38H37Cl2N3O10/c1-22(42(21-24-9-8-12-30(39)33(24)40)36(48)34(46)29(20-32(44)45)37(49)53-38(2,3)4)28(23-13-15-26(16-14-23)43(50)51)19-27-17-18-31(52-27)35(47)41-25-10-6-5-7-11-25/h5-18,22,28-29H,19-21H2,1-4H3,(H,41,47)(H,44,45). The molecule has 2 amide bonds. The van der Waals surface area contributed by atoms with Crippen LogP contribution in [0.3, 0.4) is 0 Å². The van der Waals surface area contributed by atoms with E-state index in [9.17, 15) is 39.2 Å². The van der Waals surface area contributed by atoms with Crippen LogP contribution in [0.25, 0.3) is 0 Å². The summed E-state index contributed by atoms with van der Waals surface area (Å²) in [4.78, 5) is 78.2. The number of nitro groups is 1. The van der Waals surface area contributed by atoms with Crippen LogP contribution in [-0.2, 0) is 36.9 Å². The zero-order chi connectivity index (χ0) is 39.0. The molecule has 15 heteroatoms. The van der Waals surface area contributed by atoms with E-state index in [1.165, 1.54) is 57.2 Å². The maximum Gasteiger partial charge on any atom is 0.318 e. The number of carbonyl (C=O) groups excluding carboxylic acids is 4. The number of ether oxygens (including phenoxy) is 1. The molecule has 2 N–H and O–H groups in total. The second-order valence-electron chi connectivity index (χ2n) is 13.2. The highest BCUT2D eigenvalue weighted by Gasteiger charge is 2.41. The first-order chi connectivity index (χ1) is 24.9. The topological polar surface area (TPSA) is 186 Å². The van der Waals surface area contributed by atoms with Gasteiger partial charge in [0.15, 0.2) is 5.76 Å². The van der Waals surface area contributed by atoms with E-state index in [1.54, 1.807) is 55.5 Å². The van der Waals surface area contributed by atoms with Crippen LogP contribution >= 0.6 is 23.2 Å². The number of amides is 2. The van der Waals surface area contributed by atoms with Gasteiger partial charge in [-0.15, -0.1) is 0 Å². The molecule has 1 aromatic heterocycles. The summed E-state index contributed by atoms with van der Waals surface area (Å²) in [6, 6.07) is 21.1. The Bertz CT molecular complexity index is 1990. The Morgan fingerprint density at radius 1 is 0.943 bits per heavy atom. The number of nitro benzene ring substituents is 1. The second kappa shape index (κ2) is 17.3. The SMILES string of the molecule is CC(C(Cc1ccc(C(=O)Nc2ccccc2)o1)c1ccc([N+](=O)[O-])cc1)N(Cc1cccc(Cl)c1Cl)C(=O)C(=O)C(CC(=O)O)C(=O)OC(C)(C)C. The Hall–Kier alpha value is -5.53. The molecule has 0 aliphatic rings. The normalized spacial score (nSPS) is 12.9. The van der Waals surface area contributed by atoms with Crippen LogP contribution in [0.5, 0.6) is 0 Å². The molecular formula is C38H37Cl2N3O10. The first-order valence-electron chi connectivity index (χ1n) is 16.4. The van der Waals surface area contributed by atoms with Gasteiger partial charge >= 0.3 is 11.9 Å². The van der Waals surface area contributed by atoms with Crippen molar-refractivity contribution < 1.29 is 43.2 Å². The number of rotatable bonds is 15. The number of halogens is 2. The zero-order valence-corrected chi connectivity index (χ0v) is 30.7. The van der Waals surface area contributed by atoms with Crippen LogP contribution in [-0.4, -0.2) is 56.1 Å². The van der Waals surface area contributed by atoms with E-state index >= 15 is 0 Å². The van der Waals surface area contributed by atoms with Crippen molar-refractivity contribution in [3.8, 4) is 0 Å². The molecule has 0 fully saturated rings. The summed E-state index contributed by atoms with van der Waals surface area (Å²) in [6.45, 7) is 5.90. The number of non-ortho nitro benzene ring substituents is 1. The summed E-state index contributed by atoms with van der Waals surface area (Å²) in [5.74, 6) is -8.20. The van der Waals surface area contributed by atoms with Gasteiger partial charge in [0.25, 0.3) is 17.5 Å². The molecule has 4 aromatic rings. The van der Waals surface area contributed by atoms with Crippen molar-refractivity contribution in [1.82, 2.24) is 4.90 Å². The lowest BCUT2D eigenvalue weighted by Gasteiger charge is -2.35. The maximum absolute atomic E-state index is 14.3. The Morgan fingerprint density at radius 3 is 2.21 bits per heavy atom. The predicted octanol–water partition coefficient (Wildman–Crippen LogP) is 7.49. The van der Waals surface area contributed by atoms with E-state index in [-0.39, 0.29) is 34.5 Å². The molecule has 1 heterocycles.